The molecule has 2 aromatic heterocycles. The monoisotopic (exact) mass is 554 g/mol. The van der Waals surface area contributed by atoms with Gasteiger partial charge in [-0.15, -0.1) is 0 Å². The van der Waals surface area contributed by atoms with Crippen molar-refractivity contribution in [3.8, 4) is 22.3 Å². The summed E-state index contributed by atoms with van der Waals surface area (Å²) >= 11 is 0. The second kappa shape index (κ2) is 11.0. The zero-order chi connectivity index (χ0) is 29.5. The van der Waals surface area contributed by atoms with Gasteiger partial charge in [-0.1, -0.05) is 24.3 Å². The molecular weight excluding hydrogens is 516 g/mol. The van der Waals surface area contributed by atoms with Crippen LogP contribution < -0.4 is 0 Å². The predicted octanol–water partition coefficient (Wildman–Crippen LogP) is 5.95. The van der Waals surface area contributed by atoms with Gasteiger partial charge >= 0.3 is 6.09 Å². The molecule has 0 fully saturated rings. The first kappa shape index (κ1) is 28.4. The lowest BCUT2D eigenvalue weighted by atomic mass is 9.91. The van der Waals surface area contributed by atoms with Crippen molar-refractivity contribution in [2.24, 2.45) is 0 Å². The number of H-pyrrole nitrogens is 1. The number of nitrogens with one attached hydrogen (secondary N) is 1. The van der Waals surface area contributed by atoms with Crippen molar-refractivity contribution in [2.45, 2.75) is 59.3 Å². The number of fused-ring (bicyclic) bond motifs is 2. The lowest BCUT2D eigenvalue weighted by Gasteiger charge is -2.32. The molecule has 8 heteroatoms. The van der Waals surface area contributed by atoms with Crippen LogP contribution in [0, 0.1) is 6.92 Å². The van der Waals surface area contributed by atoms with Crippen LogP contribution in [0.3, 0.4) is 0 Å². The zero-order valence-electron chi connectivity index (χ0n) is 24.6. The number of hydrogen-bond acceptors (Lipinski definition) is 5. The van der Waals surface area contributed by atoms with Crippen molar-refractivity contribution in [3.05, 3.63) is 77.1 Å². The molecule has 0 aliphatic carbocycles. The summed E-state index contributed by atoms with van der Waals surface area (Å²) in [4.78, 5) is 36.6. The van der Waals surface area contributed by atoms with Gasteiger partial charge in [0.15, 0.2) is 0 Å². The minimum Gasteiger partial charge on any atom is -0.444 e. The van der Waals surface area contributed by atoms with Crippen molar-refractivity contribution < 1.29 is 19.4 Å². The number of carbonyl (C=O) groups is 2. The van der Waals surface area contributed by atoms with E-state index in [1.54, 1.807) is 18.9 Å². The van der Waals surface area contributed by atoms with Gasteiger partial charge in [0.25, 0.3) is 5.91 Å². The summed E-state index contributed by atoms with van der Waals surface area (Å²) in [6.45, 7) is 10.9. The number of hydrogen-bond donors (Lipinski definition) is 2. The Labute approximate surface area is 241 Å². The lowest BCUT2D eigenvalue weighted by molar-refractivity contribution is 0.0223. The Kier molecular flexibility index (Phi) is 7.62. The number of rotatable bonds is 5. The van der Waals surface area contributed by atoms with Gasteiger partial charge in [0.1, 0.15) is 11.2 Å². The van der Waals surface area contributed by atoms with E-state index >= 15 is 0 Å². The Hall–Kier alpha value is -4.17. The van der Waals surface area contributed by atoms with E-state index in [1.165, 1.54) is 16.0 Å². The Morgan fingerprint density at radius 1 is 1.12 bits per heavy atom. The standard InChI is InChI=1S/C33H38N4O4/c1-20-13-25(14-24-11-12-37(19-29(20)24)32(40)41-33(3,4)5)26-15-27-28(17-35-30(27)34-16-26)22-7-9-23(10-8-22)31(39)36(6)18-21(2)38/h7-10,13-17,21,38H,11-12,18-19H2,1-6H3,(H,34,35)/t21-/m0/s1. The van der Waals surface area contributed by atoms with Gasteiger partial charge in [0.2, 0.25) is 0 Å². The summed E-state index contributed by atoms with van der Waals surface area (Å²) in [6, 6.07) is 14.1. The van der Waals surface area contributed by atoms with Gasteiger partial charge in [-0.05, 0) is 87.1 Å². The summed E-state index contributed by atoms with van der Waals surface area (Å²) in [5.41, 5.74) is 8.51. The van der Waals surface area contributed by atoms with Crippen molar-refractivity contribution in [1.82, 2.24) is 19.8 Å². The van der Waals surface area contributed by atoms with E-state index in [0.717, 1.165) is 45.3 Å². The van der Waals surface area contributed by atoms with Crippen LogP contribution in [0.25, 0.3) is 33.3 Å². The molecule has 2 N–H and O–H groups in total. The second-order valence-electron chi connectivity index (χ2n) is 12.0. The number of nitrogens with zero attached hydrogens (tertiary/aromatic N) is 3. The van der Waals surface area contributed by atoms with Gasteiger partial charge in [0, 0.05) is 61.2 Å². The molecule has 0 saturated carbocycles. The lowest BCUT2D eigenvalue weighted by Crippen LogP contribution is -2.40. The Bertz CT molecular complexity index is 1600. The molecule has 5 rings (SSSR count). The molecule has 0 spiro atoms. The summed E-state index contributed by atoms with van der Waals surface area (Å²) < 4.78 is 5.60. The summed E-state index contributed by atoms with van der Waals surface area (Å²) in [7, 11) is 1.69. The van der Waals surface area contributed by atoms with E-state index < -0.39 is 11.7 Å². The smallest absolute Gasteiger partial charge is 0.410 e. The third-order valence-corrected chi connectivity index (χ3v) is 7.41. The zero-order valence-corrected chi connectivity index (χ0v) is 24.6. The van der Waals surface area contributed by atoms with E-state index in [-0.39, 0.29) is 18.5 Å². The fraction of sp³-hybridized carbons (Fsp3) is 0.364. The molecule has 1 atom stereocenters. The number of aliphatic hydroxyl groups excluding tert-OH is 1. The molecule has 2 amide bonds. The Morgan fingerprint density at radius 2 is 1.85 bits per heavy atom. The van der Waals surface area contributed by atoms with E-state index in [0.29, 0.717) is 18.7 Å². The maximum Gasteiger partial charge on any atom is 0.410 e. The summed E-state index contributed by atoms with van der Waals surface area (Å²) in [6.07, 6.45) is 3.75. The number of likely N-dealkylation sites (N-methyl/N-ethyl adjacent to an activating group) is 1. The van der Waals surface area contributed by atoms with E-state index in [4.69, 9.17) is 9.72 Å². The first-order valence-corrected chi connectivity index (χ1v) is 14.0. The van der Waals surface area contributed by atoms with Crippen LogP contribution in [0.2, 0.25) is 0 Å². The fourth-order valence-electron chi connectivity index (χ4n) is 5.41. The normalized spacial score (nSPS) is 14.1. The van der Waals surface area contributed by atoms with Gasteiger partial charge in [-0.3, -0.25) is 4.79 Å². The molecule has 4 aromatic rings. The van der Waals surface area contributed by atoms with E-state index in [1.807, 2.05) is 57.4 Å². The van der Waals surface area contributed by atoms with Crippen molar-refractivity contribution in [3.63, 3.8) is 0 Å². The van der Waals surface area contributed by atoms with Crippen LogP contribution in [-0.4, -0.2) is 68.7 Å². The number of pyridine rings is 1. The molecule has 0 saturated heterocycles. The molecule has 3 heterocycles. The first-order valence-electron chi connectivity index (χ1n) is 14.0. The summed E-state index contributed by atoms with van der Waals surface area (Å²) in [5.74, 6) is -0.127. The first-order chi connectivity index (χ1) is 19.4. The largest absolute Gasteiger partial charge is 0.444 e. The maximum absolute atomic E-state index is 12.7. The quantitative estimate of drug-likeness (QED) is 0.318. The topological polar surface area (TPSA) is 98.8 Å². The highest BCUT2D eigenvalue weighted by molar-refractivity contribution is 5.98. The molecule has 0 bridgehead atoms. The average molecular weight is 555 g/mol. The molecule has 0 unspecified atom stereocenters. The molecule has 1 aliphatic rings. The highest BCUT2D eigenvalue weighted by atomic mass is 16.6. The number of aliphatic hydroxyl groups is 1. The number of benzene rings is 2. The van der Waals surface area contributed by atoms with Crippen LogP contribution in [0.1, 0.15) is 54.7 Å². The molecule has 1 aliphatic heterocycles. The molecule has 8 nitrogen and oxygen atoms in total. The highest BCUT2D eigenvalue weighted by Crippen LogP contribution is 2.34. The van der Waals surface area contributed by atoms with Crippen molar-refractivity contribution in [1.29, 1.82) is 0 Å². The third-order valence-electron chi connectivity index (χ3n) is 7.41. The van der Waals surface area contributed by atoms with Crippen LogP contribution in [0.4, 0.5) is 4.79 Å². The van der Waals surface area contributed by atoms with Gasteiger partial charge in [-0.25, -0.2) is 9.78 Å². The fourth-order valence-corrected chi connectivity index (χ4v) is 5.41. The minimum absolute atomic E-state index is 0.127. The Morgan fingerprint density at radius 3 is 2.54 bits per heavy atom. The average Bonchev–Trinajstić information content (AvgIpc) is 3.34. The number of aryl methyl sites for hydroxylation is 1. The van der Waals surface area contributed by atoms with Crippen LogP contribution in [0.15, 0.2) is 54.9 Å². The molecule has 41 heavy (non-hydrogen) atoms. The van der Waals surface area contributed by atoms with E-state index in [2.05, 4.69) is 30.1 Å². The SMILES string of the molecule is Cc1cc(-c2cnc3[nH]cc(-c4ccc(C(=O)N(C)C[C@H](C)O)cc4)c3c2)cc2c1CN(C(=O)OC(C)(C)C)CC2. The number of carbonyl (C=O) groups excluding carboxylic acids is 2. The van der Waals surface area contributed by atoms with Crippen LogP contribution in [-0.2, 0) is 17.7 Å². The number of aromatic nitrogens is 2. The van der Waals surface area contributed by atoms with Crippen LogP contribution in [0.5, 0.6) is 0 Å². The predicted molar refractivity (Wildman–Crippen MR) is 161 cm³/mol. The molecule has 0 radical (unpaired) electrons. The van der Waals surface area contributed by atoms with E-state index in [9.17, 15) is 14.7 Å². The third kappa shape index (κ3) is 6.12. The number of ether oxygens (including phenoxy) is 1. The minimum atomic E-state index is -0.582. The van der Waals surface area contributed by atoms with Crippen molar-refractivity contribution >= 4 is 23.0 Å². The second-order valence-corrected chi connectivity index (χ2v) is 12.0. The molecular formula is C33H38N4O4. The van der Waals surface area contributed by atoms with Gasteiger partial charge in [0.05, 0.1) is 6.10 Å². The van der Waals surface area contributed by atoms with Crippen molar-refractivity contribution in [2.75, 3.05) is 20.1 Å². The summed E-state index contributed by atoms with van der Waals surface area (Å²) in [5, 5.41) is 10.6. The van der Waals surface area contributed by atoms with Gasteiger partial charge in [-0.2, -0.15) is 0 Å². The number of aromatic amines is 1. The molecule has 214 valence electrons. The van der Waals surface area contributed by atoms with Gasteiger partial charge < -0.3 is 24.6 Å². The maximum atomic E-state index is 12.7. The highest BCUT2D eigenvalue weighted by Gasteiger charge is 2.27. The van der Waals surface area contributed by atoms with Crippen LogP contribution >= 0.6 is 0 Å². The molecule has 2 aromatic carbocycles. The number of amides is 2. The Balaban J connectivity index is 1.40.